The molecule has 1 aliphatic rings. The van der Waals surface area contributed by atoms with Crippen LogP contribution in [0.2, 0.25) is 0 Å². The minimum Gasteiger partial charge on any atom is -0.376 e. The number of carbonyl (C=O) groups is 1. The van der Waals surface area contributed by atoms with Gasteiger partial charge in [0.1, 0.15) is 4.21 Å². The van der Waals surface area contributed by atoms with E-state index in [1.165, 1.54) is 13.1 Å². The van der Waals surface area contributed by atoms with Gasteiger partial charge in [0.25, 0.3) is 0 Å². The molecule has 0 spiro atoms. The Kier molecular flexibility index (Phi) is 5.79. The zero-order chi connectivity index (χ0) is 16.2. The molecule has 0 unspecified atom stereocenters. The van der Waals surface area contributed by atoms with Crippen molar-refractivity contribution in [1.29, 1.82) is 0 Å². The van der Waals surface area contributed by atoms with Crippen LogP contribution in [0.3, 0.4) is 0 Å². The molecule has 0 bridgehead atoms. The van der Waals surface area contributed by atoms with E-state index in [0.717, 1.165) is 35.7 Å². The van der Waals surface area contributed by atoms with Crippen molar-refractivity contribution >= 4 is 27.4 Å². The summed E-state index contributed by atoms with van der Waals surface area (Å²) < 4.78 is 31.3. The minimum atomic E-state index is -3.42. The fourth-order valence-corrected chi connectivity index (χ4v) is 4.35. The molecule has 22 heavy (non-hydrogen) atoms. The summed E-state index contributed by atoms with van der Waals surface area (Å²) in [5.41, 5.74) is 0. The predicted octanol–water partition coefficient (Wildman–Crippen LogP) is 1.02. The van der Waals surface area contributed by atoms with E-state index in [1.54, 1.807) is 6.07 Å². The van der Waals surface area contributed by atoms with Gasteiger partial charge < -0.3 is 15.4 Å². The van der Waals surface area contributed by atoms with E-state index in [4.69, 9.17) is 4.74 Å². The molecule has 2 heterocycles. The Hall–Kier alpha value is -1.16. The molecule has 0 saturated carbocycles. The number of nitrogens with one attached hydrogen (secondary N) is 3. The maximum Gasteiger partial charge on any atom is 0.315 e. The maximum absolute atomic E-state index is 11.8. The molecule has 2 rings (SSSR count). The average Bonchev–Trinajstić information content (AvgIpc) is 3.16. The van der Waals surface area contributed by atoms with Crippen molar-refractivity contribution in [3.63, 3.8) is 0 Å². The molecule has 9 heteroatoms. The molecule has 124 valence electrons. The lowest BCUT2D eigenvalue weighted by Gasteiger charge is -2.20. The second-order valence-electron chi connectivity index (χ2n) is 5.10. The normalized spacial score (nSPS) is 19.8. The number of ether oxygens (including phenoxy) is 1. The predicted molar refractivity (Wildman–Crippen MR) is 84.4 cm³/mol. The highest BCUT2D eigenvalue weighted by molar-refractivity contribution is 7.91. The number of rotatable bonds is 6. The minimum absolute atomic E-state index is 0.0499. The van der Waals surface area contributed by atoms with Crippen LogP contribution in [-0.2, 0) is 21.3 Å². The standard InChI is InChI=1S/C13H21N3O4S2/c1-9(11-4-3-7-20-11)16-13(17)15-8-10-5-6-12(21-10)22(18,19)14-2/h5-6,9,11,14H,3-4,7-8H2,1-2H3,(H2,15,16,17)/t9-,11+/m1/s1. The average molecular weight is 347 g/mol. The highest BCUT2D eigenvalue weighted by Crippen LogP contribution is 2.21. The van der Waals surface area contributed by atoms with Gasteiger partial charge in [-0.1, -0.05) is 0 Å². The first-order valence-electron chi connectivity index (χ1n) is 7.10. The van der Waals surface area contributed by atoms with Crippen LogP contribution >= 0.6 is 11.3 Å². The smallest absolute Gasteiger partial charge is 0.315 e. The van der Waals surface area contributed by atoms with E-state index in [0.29, 0.717) is 0 Å². The summed E-state index contributed by atoms with van der Waals surface area (Å²) in [6.07, 6.45) is 2.05. The summed E-state index contributed by atoms with van der Waals surface area (Å²) in [4.78, 5) is 12.6. The first kappa shape index (κ1) is 17.2. The summed E-state index contributed by atoms with van der Waals surface area (Å²) in [7, 11) is -2.05. The van der Waals surface area contributed by atoms with Crippen molar-refractivity contribution in [2.75, 3.05) is 13.7 Å². The largest absolute Gasteiger partial charge is 0.376 e. The highest BCUT2D eigenvalue weighted by Gasteiger charge is 2.23. The Morgan fingerprint density at radius 1 is 1.50 bits per heavy atom. The van der Waals surface area contributed by atoms with E-state index < -0.39 is 10.0 Å². The van der Waals surface area contributed by atoms with Gasteiger partial charge in [-0.3, -0.25) is 0 Å². The number of hydrogen-bond donors (Lipinski definition) is 3. The summed E-state index contributed by atoms with van der Waals surface area (Å²) >= 11 is 1.13. The van der Waals surface area contributed by atoms with Gasteiger partial charge in [0, 0.05) is 11.5 Å². The van der Waals surface area contributed by atoms with Gasteiger partial charge in [-0.25, -0.2) is 17.9 Å². The molecule has 1 fully saturated rings. The Morgan fingerprint density at radius 3 is 2.91 bits per heavy atom. The number of thiophene rings is 1. The molecule has 1 saturated heterocycles. The van der Waals surface area contributed by atoms with Gasteiger partial charge in [0.15, 0.2) is 0 Å². The topological polar surface area (TPSA) is 96.5 Å². The molecule has 0 aliphatic carbocycles. The number of amides is 2. The number of urea groups is 1. The van der Waals surface area contributed by atoms with Gasteiger partial charge in [0.2, 0.25) is 10.0 Å². The van der Waals surface area contributed by atoms with Crippen LogP contribution in [0.25, 0.3) is 0 Å². The Morgan fingerprint density at radius 2 is 2.27 bits per heavy atom. The van der Waals surface area contributed by atoms with E-state index in [1.807, 2.05) is 6.92 Å². The molecule has 2 amide bonds. The number of carbonyl (C=O) groups excluding carboxylic acids is 1. The second-order valence-corrected chi connectivity index (χ2v) is 8.38. The molecule has 7 nitrogen and oxygen atoms in total. The first-order chi connectivity index (χ1) is 10.4. The van der Waals surface area contributed by atoms with Crippen molar-refractivity contribution in [2.24, 2.45) is 0 Å². The lowest BCUT2D eigenvalue weighted by atomic mass is 10.1. The van der Waals surface area contributed by atoms with Crippen LogP contribution in [0.15, 0.2) is 16.3 Å². The van der Waals surface area contributed by atoms with Gasteiger partial charge in [-0.05, 0) is 38.9 Å². The van der Waals surface area contributed by atoms with Crippen LogP contribution in [0, 0.1) is 0 Å². The van der Waals surface area contributed by atoms with Crippen molar-refractivity contribution < 1.29 is 17.9 Å². The molecule has 1 aromatic rings. The third kappa shape index (κ3) is 4.42. The highest BCUT2D eigenvalue weighted by atomic mass is 32.2. The van der Waals surface area contributed by atoms with E-state index >= 15 is 0 Å². The van der Waals surface area contributed by atoms with Gasteiger partial charge in [-0.15, -0.1) is 11.3 Å². The zero-order valence-corrected chi connectivity index (χ0v) is 14.2. The van der Waals surface area contributed by atoms with Gasteiger partial charge >= 0.3 is 6.03 Å². The summed E-state index contributed by atoms with van der Waals surface area (Å²) in [5, 5.41) is 5.56. The monoisotopic (exact) mass is 347 g/mol. The van der Waals surface area contributed by atoms with Crippen molar-refractivity contribution in [3.05, 3.63) is 17.0 Å². The summed E-state index contributed by atoms with van der Waals surface area (Å²) in [6, 6.07) is 2.89. The number of hydrogen-bond acceptors (Lipinski definition) is 5. The van der Waals surface area contributed by atoms with Crippen LogP contribution in [-0.4, -0.2) is 40.2 Å². The molecular weight excluding hydrogens is 326 g/mol. The lowest BCUT2D eigenvalue weighted by Crippen LogP contribution is -2.45. The van der Waals surface area contributed by atoms with Gasteiger partial charge in [0.05, 0.1) is 18.7 Å². The molecule has 3 N–H and O–H groups in total. The number of sulfonamides is 1. The SMILES string of the molecule is CNS(=O)(=O)c1ccc(CNC(=O)N[C@H](C)[C@@H]2CCCO2)s1. The van der Waals surface area contributed by atoms with Crippen molar-refractivity contribution in [1.82, 2.24) is 15.4 Å². The molecule has 0 aromatic carbocycles. The van der Waals surface area contributed by atoms with Crippen LogP contribution in [0.4, 0.5) is 4.79 Å². The molecule has 1 aromatic heterocycles. The van der Waals surface area contributed by atoms with Crippen LogP contribution in [0.5, 0.6) is 0 Å². The summed E-state index contributed by atoms with van der Waals surface area (Å²) in [5.74, 6) is 0. The van der Waals surface area contributed by atoms with E-state index in [-0.39, 0.29) is 28.9 Å². The maximum atomic E-state index is 11.8. The fraction of sp³-hybridized carbons (Fsp3) is 0.615. The Labute approximate surface area is 134 Å². The van der Waals surface area contributed by atoms with E-state index in [9.17, 15) is 13.2 Å². The van der Waals surface area contributed by atoms with Crippen molar-refractivity contribution in [2.45, 2.75) is 42.7 Å². The Balaban J connectivity index is 1.81. The molecule has 0 radical (unpaired) electrons. The van der Waals surface area contributed by atoms with Crippen molar-refractivity contribution in [3.8, 4) is 0 Å². The second kappa shape index (κ2) is 7.40. The first-order valence-corrected chi connectivity index (χ1v) is 9.40. The van der Waals surface area contributed by atoms with Gasteiger partial charge in [-0.2, -0.15) is 0 Å². The molecular formula is C13H21N3O4S2. The molecule has 2 atom stereocenters. The lowest BCUT2D eigenvalue weighted by molar-refractivity contribution is 0.0860. The third-order valence-corrected chi connectivity index (χ3v) is 6.47. The third-order valence-electron chi connectivity index (χ3n) is 3.48. The molecule has 1 aliphatic heterocycles. The Bertz CT molecular complexity index is 609. The summed E-state index contributed by atoms with van der Waals surface area (Å²) in [6.45, 7) is 2.95. The fourth-order valence-electron chi connectivity index (χ4n) is 2.21. The van der Waals surface area contributed by atoms with Crippen LogP contribution in [0.1, 0.15) is 24.6 Å². The van der Waals surface area contributed by atoms with E-state index in [2.05, 4.69) is 15.4 Å². The zero-order valence-electron chi connectivity index (χ0n) is 12.6. The van der Waals surface area contributed by atoms with Crippen LogP contribution < -0.4 is 15.4 Å². The quantitative estimate of drug-likeness (QED) is 0.716.